The first kappa shape index (κ1) is 15.1. The molecule has 4 rings (SSSR count). The van der Waals surface area contributed by atoms with Gasteiger partial charge in [-0.25, -0.2) is 4.98 Å². The molecule has 1 amide bonds. The average molecular weight is 338 g/mol. The maximum atomic E-state index is 12.4. The van der Waals surface area contributed by atoms with E-state index < -0.39 is 6.10 Å². The zero-order valence-electron chi connectivity index (χ0n) is 13.4. The Kier molecular flexibility index (Phi) is 3.94. The Morgan fingerprint density at radius 3 is 2.92 bits per heavy atom. The number of carbonyl (C=O) groups is 1. The summed E-state index contributed by atoms with van der Waals surface area (Å²) in [7, 11) is 0. The standard InChI is InChI=1S/C19H18N2O2S/c1-12(23-15-10-9-13-5-4-6-14(13)11-15)18(22)21-19-20-16-7-2-3-8-17(16)24-19/h2-3,7-12H,4-6H2,1H3,(H,20,21,22). The summed E-state index contributed by atoms with van der Waals surface area (Å²) < 4.78 is 6.87. The molecular weight excluding hydrogens is 320 g/mol. The number of nitrogens with zero attached hydrogens (tertiary/aromatic N) is 1. The Bertz CT molecular complexity index is 870. The molecule has 0 fully saturated rings. The molecule has 1 aliphatic carbocycles. The van der Waals surface area contributed by atoms with Crippen molar-refractivity contribution in [2.75, 3.05) is 5.32 Å². The fraction of sp³-hybridized carbons (Fsp3) is 0.263. The molecule has 0 radical (unpaired) electrons. The van der Waals surface area contributed by atoms with E-state index in [1.807, 2.05) is 30.3 Å². The fourth-order valence-electron chi connectivity index (χ4n) is 3.01. The number of hydrogen-bond donors (Lipinski definition) is 1. The van der Waals surface area contributed by atoms with Gasteiger partial charge in [-0.3, -0.25) is 10.1 Å². The second-order valence-electron chi connectivity index (χ2n) is 6.02. The number of aryl methyl sites for hydroxylation is 2. The summed E-state index contributed by atoms with van der Waals surface area (Å²) >= 11 is 1.47. The zero-order valence-corrected chi connectivity index (χ0v) is 14.2. The summed E-state index contributed by atoms with van der Waals surface area (Å²) in [6.07, 6.45) is 2.87. The highest BCUT2D eigenvalue weighted by Gasteiger charge is 2.18. The fourth-order valence-corrected chi connectivity index (χ4v) is 3.88. The quantitative estimate of drug-likeness (QED) is 0.776. The molecule has 0 bridgehead atoms. The normalized spacial score (nSPS) is 14.4. The molecule has 1 aliphatic rings. The predicted octanol–water partition coefficient (Wildman–Crippen LogP) is 4.19. The molecule has 0 saturated carbocycles. The third kappa shape index (κ3) is 2.99. The molecule has 1 N–H and O–H groups in total. The van der Waals surface area contributed by atoms with Crippen molar-refractivity contribution >= 4 is 32.6 Å². The number of carbonyl (C=O) groups excluding carboxylic acids is 1. The van der Waals surface area contributed by atoms with Gasteiger partial charge in [-0.1, -0.05) is 29.5 Å². The van der Waals surface area contributed by atoms with Crippen LogP contribution in [-0.4, -0.2) is 17.0 Å². The van der Waals surface area contributed by atoms with Gasteiger partial charge in [-0.2, -0.15) is 0 Å². The summed E-state index contributed by atoms with van der Waals surface area (Å²) in [5.41, 5.74) is 3.63. The van der Waals surface area contributed by atoms with Gasteiger partial charge in [0, 0.05) is 0 Å². The molecule has 0 aliphatic heterocycles. The highest BCUT2D eigenvalue weighted by molar-refractivity contribution is 7.22. The van der Waals surface area contributed by atoms with Crippen LogP contribution in [0.2, 0.25) is 0 Å². The van der Waals surface area contributed by atoms with Gasteiger partial charge in [0.25, 0.3) is 5.91 Å². The number of ether oxygens (including phenoxy) is 1. The average Bonchev–Trinajstić information content (AvgIpc) is 3.19. The maximum Gasteiger partial charge on any atom is 0.266 e. The van der Waals surface area contributed by atoms with Crippen LogP contribution >= 0.6 is 11.3 Å². The number of anilines is 1. The summed E-state index contributed by atoms with van der Waals surface area (Å²) in [6, 6.07) is 13.9. The van der Waals surface area contributed by atoms with Crippen LogP contribution < -0.4 is 10.1 Å². The minimum atomic E-state index is -0.573. The van der Waals surface area contributed by atoms with E-state index in [2.05, 4.69) is 22.4 Å². The van der Waals surface area contributed by atoms with Crippen molar-refractivity contribution in [1.82, 2.24) is 4.98 Å². The summed E-state index contributed by atoms with van der Waals surface area (Å²) in [4.78, 5) is 16.8. The van der Waals surface area contributed by atoms with E-state index in [1.165, 1.54) is 28.9 Å². The van der Waals surface area contributed by atoms with E-state index in [0.29, 0.717) is 5.13 Å². The van der Waals surface area contributed by atoms with Crippen molar-refractivity contribution in [3.05, 3.63) is 53.6 Å². The molecule has 1 heterocycles. The second-order valence-corrected chi connectivity index (χ2v) is 7.05. The van der Waals surface area contributed by atoms with Crippen LogP contribution in [0.1, 0.15) is 24.5 Å². The van der Waals surface area contributed by atoms with E-state index in [4.69, 9.17) is 4.74 Å². The lowest BCUT2D eigenvalue weighted by Gasteiger charge is -2.14. The highest BCUT2D eigenvalue weighted by atomic mass is 32.1. The number of rotatable bonds is 4. The second kappa shape index (κ2) is 6.24. The summed E-state index contributed by atoms with van der Waals surface area (Å²) in [5.74, 6) is 0.567. The molecule has 122 valence electrons. The molecule has 0 spiro atoms. The van der Waals surface area contributed by atoms with E-state index in [1.54, 1.807) is 6.92 Å². The first-order valence-corrected chi connectivity index (χ1v) is 8.95. The minimum Gasteiger partial charge on any atom is -0.481 e. The first-order chi connectivity index (χ1) is 11.7. The molecular formula is C19H18N2O2S. The van der Waals surface area contributed by atoms with E-state index in [0.717, 1.165) is 28.8 Å². The van der Waals surface area contributed by atoms with Crippen LogP contribution in [0.3, 0.4) is 0 Å². The molecule has 1 unspecified atom stereocenters. The number of fused-ring (bicyclic) bond motifs is 2. The molecule has 24 heavy (non-hydrogen) atoms. The van der Waals surface area contributed by atoms with Crippen molar-refractivity contribution in [1.29, 1.82) is 0 Å². The minimum absolute atomic E-state index is 0.186. The SMILES string of the molecule is CC(Oc1ccc2c(c1)CCC2)C(=O)Nc1nc2ccccc2s1. The Hall–Kier alpha value is -2.40. The Balaban J connectivity index is 1.44. The summed E-state index contributed by atoms with van der Waals surface area (Å²) in [5, 5.41) is 3.45. The Morgan fingerprint density at radius 1 is 1.21 bits per heavy atom. The van der Waals surface area contributed by atoms with Crippen LogP contribution in [-0.2, 0) is 17.6 Å². The van der Waals surface area contributed by atoms with Crippen molar-refractivity contribution in [2.45, 2.75) is 32.3 Å². The highest BCUT2D eigenvalue weighted by Crippen LogP contribution is 2.27. The number of nitrogens with one attached hydrogen (secondary N) is 1. The molecule has 0 saturated heterocycles. The molecule has 4 nitrogen and oxygen atoms in total. The smallest absolute Gasteiger partial charge is 0.266 e. The number of aromatic nitrogens is 1. The number of para-hydroxylation sites is 1. The van der Waals surface area contributed by atoms with Gasteiger partial charge in [0.15, 0.2) is 11.2 Å². The van der Waals surface area contributed by atoms with Gasteiger partial charge in [0.05, 0.1) is 10.2 Å². The van der Waals surface area contributed by atoms with Gasteiger partial charge in [-0.15, -0.1) is 0 Å². The van der Waals surface area contributed by atoms with Crippen LogP contribution in [0.5, 0.6) is 5.75 Å². The number of benzene rings is 2. The Labute approximate surface area is 144 Å². The van der Waals surface area contributed by atoms with E-state index in [9.17, 15) is 4.79 Å². The largest absolute Gasteiger partial charge is 0.481 e. The first-order valence-electron chi connectivity index (χ1n) is 8.14. The molecule has 1 atom stereocenters. The molecule has 1 aromatic heterocycles. The molecule has 3 aromatic rings. The van der Waals surface area contributed by atoms with Crippen LogP contribution in [0.4, 0.5) is 5.13 Å². The van der Waals surface area contributed by atoms with Crippen molar-refractivity contribution < 1.29 is 9.53 Å². The van der Waals surface area contributed by atoms with Gasteiger partial charge in [0.2, 0.25) is 0 Å². The third-order valence-electron chi connectivity index (χ3n) is 4.28. The van der Waals surface area contributed by atoms with Crippen LogP contribution in [0, 0.1) is 0 Å². The topological polar surface area (TPSA) is 51.2 Å². The van der Waals surface area contributed by atoms with E-state index >= 15 is 0 Å². The van der Waals surface area contributed by atoms with Gasteiger partial charge >= 0.3 is 0 Å². The van der Waals surface area contributed by atoms with Crippen LogP contribution in [0.15, 0.2) is 42.5 Å². The lowest BCUT2D eigenvalue weighted by atomic mass is 10.1. The third-order valence-corrected chi connectivity index (χ3v) is 5.23. The zero-order chi connectivity index (χ0) is 16.5. The van der Waals surface area contributed by atoms with Crippen molar-refractivity contribution in [3.63, 3.8) is 0 Å². The lowest BCUT2D eigenvalue weighted by molar-refractivity contribution is -0.122. The van der Waals surface area contributed by atoms with Crippen molar-refractivity contribution in [2.24, 2.45) is 0 Å². The predicted molar refractivity (Wildman–Crippen MR) is 96.8 cm³/mol. The molecule has 5 heteroatoms. The van der Waals surface area contributed by atoms with Crippen molar-refractivity contribution in [3.8, 4) is 5.75 Å². The number of thiazole rings is 1. The summed E-state index contributed by atoms with van der Waals surface area (Å²) in [6.45, 7) is 1.76. The van der Waals surface area contributed by atoms with Gasteiger partial charge in [0.1, 0.15) is 5.75 Å². The lowest BCUT2D eigenvalue weighted by Crippen LogP contribution is -2.30. The molecule has 2 aromatic carbocycles. The van der Waals surface area contributed by atoms with Gasteiger partial charge in [-0.05, 0) is 61.6 Å². The monoisotopic (exact) mass is 338 g/mol. The number of hydrogen-bond acceptors (Lipinski definition) is 4. The Morgan fingerprint density at radius 2 is 2.04 bits per heavy atom. The van der Waals surface area contributed by atoms with E-state index in [-0.39, 0.29) is 5.91 Å². The van der Waals surface area contributed by atoms with Crippen LogP contribution in [0.25, 0.3) is 10.2 Å². The maximum absolute atomic E-state index is 12.4. The number of amides is 1. The van der Waals surface area contributed by atoms with Gasteiger partial charge < -0.3 is 4.74 Å².